The van der Waals surface area contributed by atoms with Crippen molar-refractivity contribution in [2.75, 3.05) is 18.6 Å². The molecule has 0 fully saturated rings. The van der Waals surface area contributed by atoms with E-state index in [0.29, 0.717) is 19.3 Å². The smallest absolute Gasteiger partial charge is 0.222 e. The van der Waals surface area contributed by atoms with Crippen LogP contribution >= 0.6 is 11.8 Å². The zero-order chi connectivity index (χ0) is 11.7. The zero-order valence-corrected chi connectivity index (χ0v) is 10.6. The van der Waals surface area contributed by atoms with Gasteiger partial charge >= 0.3 is 0 Å². The summed E-state index contributed by atoms with van der Waals surface area (Å²) in [6, 6.07) is 2.33. The molecule has 86 valence electrons. The molecule has 0 bridgehead atoms. The Morgan fingerprint density at radius 1 is 1.60 bits per heavy atom. The van der Waals surface area contributed by atoms with Crippen molar-refractivity contribution in [3.05, 3.63) is 0 Å². The Hall–Kier alpha value is -0.690. The van der Waals surface area contributed by atoms with Gasteiger partial charge in [-0.15, -0.1) is 0 Å². The van der Waals surface area contributed by atoms with Crippen LogP contribution in [0.2, 0.25) is 0 Å². The van der Waals surface area contributed by atoms with Crippen molar-refractivity contribution >= 4 is 17.7 Å². The van der Waals surface area contributed by atoms with Gasteiger partial charge in [-0.05, 0) is 19.1 Å². The third-order valence-electron chi connectivity index (χ3n) is 2.30. The van der Waals surface area contributed by atoms with Crippen LogP contribution in [0, 0.1) is 11.3 Å². The molecule has 0 heterocycles. The van der Waals surface area contributed by atoms with E-state index in [1.165, 1.54) is 0 Å². The third kappa shape index (κ3) is 6.40. The van der Waals surface area contributed by atoms with Crippen LogP contribution in [-0.4, -0.2) is 35.4 Å². The highest BCUT2D eigenvalue weighted by atomic mass is 32.2. The van der Waals surface area contributed by atoms with Gasteiger partial charge in [0.2, 0.25) is 5.91 Å². The van der Waals surface area contributed by atoms with Crippen molar-refractivity contribution in [1.82, 2.24) is 4.90 Å². The Morgan fingerprint density at radius 3 is 2.80 bits per heavy atom. The standard InChI is InChI=1S/C11H20N2OS/c1-4-15-9-10(2)13(3)11(14)7-5-6-8-12/h10H,4-7,9H2,1-3H3. The van der Waals surface area contributed by atoms with E-state index in [2.05, 4.69) is 19.9 Å². The zero-order valence-electron chi connectivity index (χ0n) is 9.82. The highest BCUT2D eigenvalue weighted by molar-refractivity contribution is 7.99. The monoisotopic (exact) mass is 228 g/mol. The van der Waals surface area contributed by atoms with Crippen LogP contribution < -0.4 is 0 Å². The van der Waals surface area contributed by atoms with Crippen molar-refractivity contribution in [2.24, 2.45) is 0 Å². The van der Waals surface area contributed by atoms with Crippen LogP contribution in [0.1, 0.15) is 33.1 Å². The lowest BCUT2D eigenvalue weighted by atomic mass is 10.2. The lowest BCUT2D eigenvalue weighted by Crippen LogP contribution is -2.36. The predicted octanol–water partition coefficient (Wildman–Crippen LogP) is 2.28. The number of carbonyl (C=O) groups is 1. The van der Waals surface area contributed by atoms with Crippen LogP contribution in [0.5, 0.6) is 0 Å². The SMILES string of the molecule is CCSCC(C)N(C)C(=O)CCCC#N. The molecule has 0 aliphatic rings. The second kappa shape index (κ2) is 8.60. The van der Waals surface area contributed by atoms with Gasteiger partial charge in [-0.3, -0.25) is 4.79 Å². The minimum Gasteiger partial charge on any atom is -0.342 e. The van der Waals surface area contributed by atoms with E-state index in [9.17, 15) is 4.79 Å². The molecule has 0 aromatic rings. The molecular formula is C11H20N2OS. The molecular weight excluding hydrogens is 208 g/mol. The summed E-state index contributed by atoms with van der Waals surface area (Å²) in [4.78, 5) is 13.4. The van der Waals surface area contributed by atoms with Gasteiger partial charge in [0.05, 0.1) is 6.07 Å². The number of hydrogen-bond acceptors (Lipinski definition) is 3. The molecule has 4 heteroatoms. The Balaban J connectivity index is 3.81. The normalized spacial score (nSPS) is 11.9. The molecule has 0 rings (SSSR count). The molecule has 0 saturated heterocycles. The topological polar surface area (TPSA) is 44.1 Å². The molecule has 1 atom stereocenters. The van der Waals surface area contributed by atoms with Gasteiger partial charge in [0, 0.05) is 31.7 Å². The lowest BCUT2D eigenvalue weighted by Gasteiger charge is -2.24. The molecule has 0 aromatic heterocycles. The van der Waals surface area contributed by atoms with E-state index in [-0.39, 0.29) is 11.9 Å². The maximum atomic E-state index is 11.6. The van der Waals surface area contributed by atoms with Crippen molar-refractivity contribution in [3.63, 3.8) is 0 Å². The van der Waals surface area contributed by atoms with E-state index in [1.54, 1.807) is 4.90 Å². The van der Waals surface area contributed by atoms with Gasteiger partial charge in [0.25, 0.3) is 0 Å². The summed E-state index contributed by atoms with van der Waals surface area (Å²) in [5, 5.41) is 8.36. The fourth-order valence-electron chi connectivity index (χ4n) is 1.14. The number of hydrogen-bond donors (Lipinski definition) is 0. The van der Waals surface area contributed by atoms with E-state index < -0.39 is 0 Å². The highest BCUT2D eigenvalue weighted by Crippen LogP contribution is 2.09. The molecule has 0 radical (unpaired) electrons. The fourth-order valence-corrected chi connectivity index (χ4v) is 1.94. The minimum absolute atomic E-state index is 0.148. The number of nitriles is 1. The summed E-state index contributed by atoms with van der Waals surface area (Å²) in [5.74, 6) is 2.21. The minimum atomic E-state index is 0.148. The predicted molar refractivity (Wildman–Crippen MR) is 64.7 cm³/mol. The van der Waals surface area contributed by atoms with Crippen molar-refractivity contribution < 1.29 is 4.79 Å². The number of rotatable bonds is 7. The fraction of sp³-hybridized carbons (Fsp3) is 0.818. The highest BCUT2D eigenvalue weighted by Gasteiger charge is 2.14. The summed E-state index contributed by atoms with van der Waals surface area (Å²) in [5.41, 5.74) is 0. The Labute approximate surface area is 96.8 Å². The maximum Gasteiger partial charge on any atom is 0.222 e. The molecule has 0 aliphatic carbocycles. The van der Waals surface area contributed by atoms with E-state index in [0.717, 1.165) is 11.5 Å². The van der Waals surface area contributed by atoms with Crippen LogP contribution in [-0.2, 0) is 4.79 Å². The second-order valence-corrected chi connectivity index (χ2v) is 4.84. The molecule has 1 amide bonds. The summed E-state index contributed by atoms with van der Waals surface area (Å²) in [6.45, 7) is 4.18. The Morgan fingerprint density at radius 2 is 2.27 bits per heavy atom. The summed E-state index contributed by atoms with van der Waals surface area (Å²) >= 11 is 1.84. The molecule has 3 nitrogen and oxygen atoms in total. The first kappa shape index (κ1) is 14.3. The molecule has 0 aliphatic heterocycles. The van der Waals surface area contributed by atoms with E-state index in [4.69, 9.17) is 5.26 Å². The quantitative estimate of drug-likeness (QED) is 0.628. The van der Waals surface area contributed by atoms with Gasteiger partial charge in [0.1, 0.15) is 0 Å². The van der Waals surface area contributed by atoms with Crippen LogP contribution in [0.3, 0.4) is 0 Å². The summed E-state index contributed by atoms with van der Waals surface area (Å²) in [6.07, 6.45) is 1.64. The van der Waals surface area contributed by atoms with Gasteiger partial charge in [0.15, 0.2) is 0 Å². The van der Waals surface area contributed by atoms with E-state index in [1.807, 2.05) is 18.8 Å². The first-order valence-corrected chi connectivity index (χ1v) is 6.49. The van der Waals surface area contributed by atoms with Gasteiger partial charge < -0.3 is 4.90 Å². The number of unbranched alkanes of at least 4 members (excludes halogenated alkanes) is 1. The average Bonchev–Trinajstić information content (AvgIpc) is 2.24. The first-order valence-electron chi connectivity index (χ1n) is 5.33. The number of carbonyl (C=O) groups excluding carboxylic acids is 1. The number of nitrogens with zero attached hydrogens (tertiary/aromatic N) is 2. The Bertz CT molecular complexity index is 225. The summed E-state index contributed by atoms with van der Waals surface area (Å²) < 4.78 is 0. The molecule has 15 heavy (non-hydrogen) atoms. The van der Waals surface area contributed by atoms with Gasteiger partial charge in [-0.1, -0.05) is 6.92 Å². The first-order chi connectivity index (χ1) is 7.13. The van der Waals surface area contributed by atoms with Gasteiger partial charge in [-0.2, -0.15) is 17.0 Å². The van der Waals surface area contributed by atoms with Crippen molar-refractivity contribution in [3.8, 4) is 6.07 Å². The lowest BCUT2D eigenvalue weighted by molar-refractivity contribution is -0.131. The largest absolute Gasteiger partial charge is 0.342 e. The third-order valence-corrected chi connectivity index (χ3v) is 3.42. The molecule has 1 unspecified atom stereocenters. The number of amides is 1. The molecule has 0 spiro atoms. The van der Waals surface area contributed by atoms with E-state index >= 15 is 0 Å². The van der Waals surface area contributed by atoms with Crippen molar-refractivity contribution in [1.29, 1.82) is 5.26 Å². The Kier molecular flexibility index (Phi) is 8.21. The molecule has 0 aromatic carbocycles. The van der Waals surface area contributed by atoms with Crippen LogP contribution in [0.4, 0.5) is 0 Å². The average molecular weight is 228 g/mol. The van der Waals surface area contributed by atoms with Gasteiger partial charge in [-0.25, -0.2) is 0 Å². The number of thioether (sulfide) groups is 1. The summed E-state index contributed by atoms with van der Waals surface area (Å²) in [7, 11) is 1.84. The van der Waals surface area contributed by atoms with Crippen LogP contribution in [0.25, 0.3) is 0 Å². The van der Waals surface area contributed by atoms with Crippen molar-refractivity contribution in [2.45, 2.75) is 39.2 Å². The van der Waals surface area contributed by atoms with Crippen LogP contribution in [0.15, 0.2) is 0 Å². The molecule has 0 N–H and O–H groups in total. The second-order valence-electron chi connectivity index (χ2n) is 3.52. The molecule has 0 saturated carbocycles. The maximum absolute atomic E-state index is 11.6.